The van der Waals surface area contributed by atoms with Gasteiger partial charge in [-0.2, -0.15) is 0 Å². The summed E-state index contributed by atoms with van der Waals surface area (Å²) in [5.41, 5.74) is 6.07. The van der Waals surface area contributed by atoms with Crippen molar-refractivity contribution in [2.45, 2.75) is 20.4 Å². The highest BCUT2D eigenvalue weighted by Gasteiger charge is 2.12. The molecule has 1 aromatic rings. The Balaban J connectivity index is 3.42. The number of rotatable bonds is 1. The topological polar surface area (TPSA) is 26.0 Å². The molecule has 66 valence electrons. The molecule has 0 aliphatic carbocycles. The number of hydrogen-bond acceptors (Lipinski definition) is 1. The molecule has 0 saturated carbocycles. The second kappa shape index (κ2) is 3.19. The smallest absolute Gasteiger partial charge is 0.133 e. The van der Waals surface area contributed by atoms with E-state index >= 15 is 0 Å². The Bertz CT molecular complexity index is 282. The molecule has 0 saturated heterocycles. The second-order valence-electron chi connectivity index (χ2n) is 2.82. The van der Waals surface area contributed by atoms with Crippen molar-refractivity contribution in [3.8, 4) is 0 Å². The van der Waals surface area contributed by atoms with Crippen molar-refractivity contribution in [2.75, 3.05) is 0 Å². The average molecular weight is 171 g/mol. The average Bonchev–Trinajstić information content (AvgIpc) is 2.02. The molecule has 0 amide bonds. The minimum Gasteiger partial charge on any atom is -0.326 e. The highest BCUT2D eigenvalue weighted by atomic mass is 19.1. The summed E-state index contributed by atoms with van der Waals surface area (Å²) in [6.07, 6.45) is 0. The summed E-state index contributed by atoms with van der Waals surface area (Å²) in [5.74, 6) is -1.05. The minimum atomic E-state index is -0.527. The summed E-state index contributed by atoms with van der Waals surface area (Å²) >= 11 is 0. The van der Waals surface area contributed by atoms with E-state index in [1.807, 2.05) is 0 Å². The molecule has 3 heteroatoms. The molecule has 12 heavy (non-hydrogen) atoms. The molecule has 1 rings (SSSR count). The van der Waals surface area contributed by atoms with Crippen molar-refractivity contribution in [1.29, 1.82) is 0 Å². The van der Waals surface area contributed by atoms with Crippen LogP contribution in [-0.4, -0.2) is 0 Å². The summed E-state index contributed by atoms with van der Waals surface area (Å²) in [6, 6.07) is 1.48. The number of nitrogens with two attached hydrogens (primary N) is 1. The fraction of sp³-hybridized carbons (Fsp3) is 0.333. The fourth-order valence-electron chi connectivity index (χ4n) is 1.20. The summed E-state index contributed by atoms with van der Waals surface area (Å²) in [6.45, 7) is 3.10. The Kier molecular flexibility index (Phi) is 2.43. The number of halogens is 2. The van der Waals surface area contributed by atoms with Crippen molar-refractivity contribution in [3.05, 3.63) is 34.4 Å². The Morgan fingerprint density at radius 3 is 1.92 bits per heavy atom. The van der Waals surface area contributed by atoms with Gasteiger partial charge in [0.05, 0.1) is 0 Å². The monoisotopic (exact) mass is 171 g/mol. The van der Waals surface area contributed by atoms with E-state index in [0.29, 0.717) is 11.1 Å². The maximum Gasteiger partial charge on any atom is 0.133 e. The van der Waals surface area contributed by atoms with Crippen LogP contribution in [0, 0.1) is 25.5 Å². The predicted molar refractivity (Wildman–Crippen MR) is 43.7 cm³/mol. The Morgan fingerprint density at radius 2 is 1.58 bits per heavy atom. The van der Waals surface area contributed by atoms with Gasteiger partial charge in [-0.15, -0.1) is 0 Å². The lowest BCUT2D eigenvalue weighted by Crippen LogP contribution is -2.06. The molecule has 0 radical (unpaired) electrons. The van der Waals surface area contributed by atoms with E-state index in [1.54, 1.807) is 13.8 Å². The third-order valence-electron chi connectivity index (χ3n) is 1.86. The van der Waals surface area contributed by atoms with E-state index < -0.39 is 11.6 Å². The van der Waals surface area contributed by atoms with Crippen LogP contribution >= 0.6 is 0 Å². The molecule has 0 heterocycles. The molecular formula is C9H11F2N. The molecule has 0 atom stereocenters. The van der Waals surface area contributed by atoms with Crippen molar-refractivity contribution in [1.82, 2.24) is 0 Å². The zero-order valence-corrected chi connectivity index (χ0v) is 7.12. The summed E-state index contributed by atoms with van der Waals surface area (Å²) in [4.78, 5) is 0. The first-order valence-electron chi connectivity index (χ1n) is 3.72. The largest absolute Gasteiger partial charge is 0.326 e. The van der Waals surface area contributed by atoms with Gasteiger partial charge in [-0.25, -0.2) is 8.78 Å². The van der Waals surface area contributed by atoms with Crippen LogP contribution in [-0.2, 0) is 6.54 Å². The molecule has 0 aromatic heterocycles. The minimum absolute atomic E-state index is 0.0208. The van der Waals surface area contributed by atoms with Gasteiger partial charge in [-0.3, -0.25) is 0 Å². The molecular weight excluding hydrogens is 160 g/mol. The van der Waals surface area contributed by atoms with Gasteiger partial charge in [0.15, 0.2) is 0 Å². The van der Waals surface area contributed by atoms with Crippen LogP contribution in [0.5, 0.6) is 0 Å². The third kappa shape index (κ3) is 1.32. The SMILES string of the molecule is Cc1cc(C)c(F)c(CN)c1F. The Morgan fingerprint density at radius 1 is 1.17 bits per heavy atom. The molecule has 0 aliphatic heterocycles. The first-order chi connectivity index (χ1) is 5.57. The molecule has 0 spiro atoms. The van der Waals surface area contributed by atoms with Crippen molar-refractivity contribution >= 4 is 0 Å². The van der Waals surface area contributed by atoms with E-state index in [4.69, 9.17) is 5.73 Å². The molecule has 1 aromatic carbocycles. The lowest BCUT2D eigenvalue weighted by atomic mass is 10.1. The van der Waals surface area contributed by atoms with E-state index in [-0.39, 0.29) is 12.1 Å². The van der Waals surface area contributed by atoms with Gasteiger partial charge >= 0.3 is 0 Å². The van der Waals surface area contributed by atoms with Crippen molar-refractivity contribution in [2.24, 2.45) is 5.73 Å². The van der Waals surface area contributed by atoms with Crippen molar-refractivity contribution in [3.63, 3.8) is 0 Å². The normalized spacial score (nSPS) is 10.4. The van der Waals surface area contributed by atoms with Crippen LogP contribution in [0.4, 0.5) is 8.78 Å². The maximum absolute atomic E-state index is 13.1. The van der Waals surface area contributed by atoms with Gasteiger partial charge in [0, 0.05) is 12.1 Å². The zero-order chi connectivity index (χ0) is 9.30. The highest BCUT2D eigenvalue weighted by Crippen LogP contribution is 2.19. The van der Waals surface area contributed by atoms with Crippen LogP contribution in [0.2, 0.25) is 0 Å². The number of benzene rings is 1. The summed E-state index contributed by atoms with van der Waals surface area (Å²) in [5, 5.41) is 0. The second-order valence-corrected chi connectivity index (χ2v) is 2.82. The van der Waals surface area contributed by atoms with Gasteiger partial charge < -0.3 is 5.73 Å². The van der Waals surface area contributed by atoms with Crippen molar-refractivity contribution < 1.29 is 8.78 Å². The van der Waals surface area contributed by atoms with Crippen LogP contribution in [0.3, 0.4) is 0 Å². The lowest BCUT2D eigenvalue weighted by Gasteiger charge is -2.07. The summed E-state index contributed by atoms with van der Waals surface area (Å²) < 4.78 is 26.2. The molecule has 0 aliphatic rings. The van der Waals surface area contributed by atoms with Gasteiger partial charge in [0.1, 0.15) is 11.6 Å². The molecule has 1 nitrogen and oxygen atoms in total. The van der Waals surface area contributed by atoms with Crippen LogP contribution < -0.4 is 5.73 Å². The van der Waals surface area contributed by atoms with E-state index in [9.17, 15) is 8.78 Å². The molecule has 0 unspecified atom stereocenters. The predicted octanol–water partition coefficient (Wildman–Crippen LogP) is 2.04. The van der Waals surface area contributed by atoms with E-state index in [2.05, 4.69) is 0 Å². The van der Waals surface area contributed by atoms with Gasteiger partial charge in [-0.05, 0) is 25.0 Å². The van der Waals surface area contributed by atoms with E-state index in [1.165, 1.54) is 6.07 Å². The highest BCUT2D eigenvalue weighted by molar-refractivity contribution is 5.32. The molecule has 0 bridgehead atoms. The molecule has 2 N–H and O–H groups in total. The quantitative estimate of drug-likeness (QED) is 0.687. The van der Waals surface area contributed by atoms with E-state index in [0.717, 1.165) is 0 Å². The fourth-order valence-corrected chi connectivity index (χ4v) is 1.20. The third-order valence-corrected chi connectivity index (χ3v) is 1.86. The zero-order valence-electron chi connectivity index (χ0n) is 7.12. The van der Waals surface area contributed by atoms with Crippen LogP contribution in [0.25, 0.3) is 0 Å². The summed E-state index contributed by atoms with van der Waals surface area (Å²) in [7, 11) is 0. The lowest BCUT2D eigenvalue weighted by molar-refractivity contribution is 0.546. The Hall–Kier alpha value is -0.960. The first-order valence-corrected chi connectivity index (χ1v) is 3.72. The number of aryl methyl sites for hydroxylation is 2. The van der Waals surface area contributed by atoms with Gasteiger partial charge in [0.2, 0.25) is 0 Å². The van der Waals surface area contributed by atoms with Gasteiger partial charge in [0.25, 0.3) is 0 Å². The van der Waals surface area contributed by atoms with Gasteiger partial charge in [-0.1, -0.05) is 6.07 Å². The Labute approximate surface area is 70.2 Å². The number of hydrogen-bond donors (Lipinski definition) is 1. The van der Waals surface area contributed by atoms with Crippen LogP contribution in [0.15, 0.2) is 6.07 Å². The first kappa shape index (κ1) is 9.13. The molecule has 0 fully saturated rings. The maximum atomic E-state index is 13.1. The standard InChI is InChI=1S/C9H11F2N/c1-5-3-6(2)9(11)7(4-12)8(5)10/h3H,4,12H2,1-2H3. The van der Waals surface area contributed by atoms with Crippen LogP contribution in [0.1, 0.15) is 16.7 Å².